The summed E-state index contributed by atoms with van der Waals surface area (Å²) in [6.45, 7) is 0.580. The topological polar surface area (TPSA) is 66.4 Å². The molecule has 2 saturated carbocycles. The van der Waals surface area contributed by atoms with E-state index >= 15 is 0 Å². The fourth-order valence-corrected chi connectivity index (χ4v) is 2.79. The van der Waals surface area contributed by atoms with E-state index in [0.29, 0.717) is 18.0 Å². The minimum absolute atomic E-state index is 0.0217. The van der Waals surface area contributed by atoms with Crippen LogP contribution in [0.2, 0.25) is 5.02 Å². The van der Waals surface area contributed by atoms with E-state index in [4.69, 9.17) is 16.7 Å². The Labute approximate surface area is 122 Å². The summed E-state index contributed by atoms with van der Waals surface area (Å²) in [5, 5.41) is 12.4. The second kappa shape index (κ2) is 4.77. The van der Waals surface area contributed by atoms with Crippen LogP contribution >= 0.6 is 11.6 Å². The Bertz CT molecular complexity index is 551. The minimum Gasteiger partial charge on any atom is -0.481 e. The van der Waals surface area contributed by atoms with E-state index < -0.39 is 11.9 Å². The number of amides is 1. The van der Waals surface area contributed by atoms with Crippen LogP contribution in [-0.2, 0) is 15.0 Å². The first-order chi connectivity index (χ1) is 9.52. The van der Waals surface area contributed by atoms with Crippen LogP contribution in [0.3, 0.4) is 0 Å². The molecule has 1 aromatic rings. The van der Waals surface area contributed by atoms with Gasteiger partial charge in [-0.15, -0.1) is 0 Å². The van der Waals surface area contributed by atoms with Crippen molar-refractivity contribution in [2.75, 3.05) is 6.54 Å². The lowest BCUT2D eigenvalue weighted by atomic mass is 9.96. The molecule has 2 aliphatic carbocycles. The summed E-state index contributed by atoms with van der Waals surface area (Å²) in [6, 6.07) is 7.72. The Hall–Kier alpha value is -1.55. The molecular weight excluding hydrogens is 278 g/mol. The van der Waals surface area contributed by atoms with Gasteiger partial charge in [0.05, 0.1) is 11.8 Å². The molecule has 5 heteroatoms. The summed E-state index contributed by atoms with van der Waals surface area (Å²) in [5.41, 5.74) is 1.21. The molecule has 2 fully saturated rings. The molecule has 3 rings (SSSR count). The van der Waals surface area contributed by atoms with Gasteiger partial charge in [0.1, 0.15) is 0 Å². The lowest BCUT2D eigenvalue weighted by Crippen LogP contribution is -2.34. The van der Waals surface area contributed by atoms with Crippen molar-refractivity contribution in [2.24, 2.45) is 11.8 Å². The highest BCUT2D eigenvalue weighted by molar-refractivity contribution is 6.30. The SMILES string of the molecule is O=C(O)C1CC1C(=O)NCC1(c2ccc(Cl)cc2)CC1. The third-order valence-electron chi connectivity index (χ3n) is 4.36. The van der Waals surface area contributed by atoms with Crippen molar-refractivity contribution in [3.8, 4) is 0 Å². The molecule has 0 radical (unpaired) electrons. The number of rotatable bonds is 5. The van der Waals surface area contributed by atoms with Crippen LogP contribution in [0.1, 0.15) is 24.8 Å². The molecule has 0 saturated heterocycles. The van der Waals surface area contributed by atoms with Crippen molar-refractivity contribution in [1.82, 2.24) is 5.32 Å². The summed E-state index contributed by atoms with van der Waals surface area (Å²) in [7, 11) is 0. The van der Waals surface area contributed by atoms with Crippen LogP contribution in [0.5, 0.6) is 0 Å². The molecule has 1 amide bonds. The van der Waals surface area contributed by atoms with E-state index in [1.54, 1.807) is 0 Å². The van der Waals surface area contributed by atoms with Gasteiger partial charge in [0.25, 0.3) is 0 Å². The smallest absolute Gasteiger partial charge is 0.307 e. The fourth-order valence-electron chi connectivity index (χ4n) is 2.67. The van der Waals surface area contributed by atoms with Crippen LogP contribution in [0, 0.1) is 11.8 Å². The monoisotopic (exact) mass is 293 g/mol. The van der Waals surface area contributed by atoms with Crippen LogP contribution in [-0.4, -0.2) is 23.5 Å². The van der Waals surface area contributed by atoms with Gasteiger partial charge in [0.15, 0.2) is 0 Å². The van der Waals surface area contributed by atoms with E-state index in [-0.39, 0.29) is 17.2 Å². The molecule has 2 unspecified atom stereocenters. The minimum atomic E-state index is -0.871. The van der Waals surface area contributed by atoms with Crippen molar-refractivity contribution in [2.45, 2.75) is 24.7 Å². The van der Waals surface area contributed by atoms with Gasteiger partial charge >= 0.3 is 5.97 Å². The van der Waals surface area contributed by atoms with Crippen molar-refractivity contribution >= 4 is 23.5 Å². The molecule has 4 nitrogen and oxygen atoms in total. The molecule has 2 N–H and O–H groups in total. The van der Waals surface area contributed by atoms with Crippen LogP contribution in [0.25, 0.3) is 0 Å². The molecule has 0 heterocycles. The predicted octanol–water partition coefficient (Wildman–Crippen LogP) is 2.21. The second-order valence-corrected chi connectivity index (χ2v) is 6.23. The highest BCUT2D eigenvalue weighted by Crippen LogP contribution is 2.48. The molecule has 0 aliphatic heterocycles. The number of nitrogens with one attached hydrogen (secondary N) is 1. The third kappa shape index (κ3) is 2.52. The Balaban J connectivity index is 1.57. The maximum absolute atomic E-state index is 11.9. The van der Waals surface area contributed by atoms with E-state index in [1.165, 1.54) is 5.56 Å². The summed E-state index contributed by atoms with van der Waals surface area (Å²) in [4.78, 5) is 22.6. The number of halogens is 1. The molecule has 20 heavy (non-hydrogen) atoms. The number of carbonyl (C=O) groups excluding carboxylic acids is 1. The standard InChI is InChI=1S/C15H16ClNO3/c16-10-3-1-9(2-4-10)15(5-6-15)8-17-13(18)11-7-12(11)14(19)20/h1-4,11-12H,5-8H2,(H,17,18)(H,19,20). The Morgan fingerprint density at radius 3 is 2.40 bits per heavy atom. The summed E-state index contributed by atoms with van der Waals surface area (Å²) < 4.78 is 0. The van der Waals surface area contributed by atoms with Gasteiger partial charge < -0.3 is 10.4 Å². The van der Waals surface area contributed by atoms with E-state index in [0.717, 1.165) is 12.8 Å². The number of benzene rings is 1. The number of carboxylic acids is 1. The van der Waals surface area contributed by atoms with Gasteiger partial charge in [-0.1, -0.05) is 23.7 Å². The Morgan fingerprint density at radius 1 is 1.25 bits per heavy atom. The lowest BCUT2D eigenvalue weighted by molar-refractivity contribution is -0.140. The maximum Gasteiger partial charge on any atom is 0.307 e. The first-order valence-electron chi connectivity index (χ1n) is 6.78. The summed E-state index contributed by atoms with van der Waals surface area (Å²) in [5.74, 6) is -1.82. The molecule has 2 atom stereocenters. The summed E-state index contributed by atoms with van der Waals surface area (Å²) in [6.07, 6.45) is 2.55. The largest absolute Gasteiger partial charge is 0.481 e. The zero-order valence-corrected chi connectivity index (χ0v) is 11.7. The lowest BCUT2D eigenvalue weighted by Gasteiger charge is -2.16. The van der Waals surface area contributed by atoms with Crippen LogP contribution in [0.15, 0.2) is 24.3 Å². The number of carboxylic acid groups (broad SMARTS) is 1. The van der Waals surface area contributed by atoms with E-state index in [1.807, 2.05) is 24.3 Å². The first kappa shape index (κ1) is 13.4. The predicted molar refractivity (Wildman–Crippen MR) is 74.6 cm³/mol. The quantitative estimate of drug-likeness (QED) is 0.875. The molecule has 0 spiro atoms. The molecule has 0 aromatic heterocycles. The van der Waals surface area contributed by atoms with Gasteiger partial charge in [-0.25, -0.2) is 0 Å². The van der Waals surface area contributed by atoms with E-state index in [9.17, 15) is 9.59 Å². The van der Waals surface area contributed by atoms with Crippen molar-refractivity contribution < 1.29 is 14.7 Å². The average Bonchev–Trinajstić information content (AvgIpc) is 3.30. The first-order valence-corrected chi connectivity index (χ1v) is 7.16. The maximum atomic E-state index is 11.9. The Morgan fingerprint density at radius 2 is 1.90 bits per heavy atom. The molecule has 1 aromatic carbocycles. The highest BCUT2D eigenvalue weighted by atomic mass is 35.5. The van der Waals surface area contributed by atoms with Crippen molar-refractivity contribution in [3.63, 3.8) is 0 Å². The van der Waals surface area contributed by atoms with Crippen molar-refractivity contribution in [3.05, 3.63) is 34.9 Å². The number of carbonyl (C=O) groups is 2. The molecular formula is C15H16ClNO3. The highest BCUT2D eigenvalue weighted by Gasteiger charge is 2.50. The van der Waals surface area contributed by atoms with Gasteiger partial charge in [-0.3, -0.25) is 9.59 Å². The molecule has 0 bridgehead atoms. The molecule has 106 valence electrons. The van der Waals surface area contributed by atoms with Gasteiger partial charge in [0.2, 0.25) is 5.91 Å². The van der Waals surface area contributed by atoms with Crippen molar-refractivity contribution in [1.29, 1.82) is 0 Å². The molecule has 2 aliphatic rings. The number of aliphatic carboxylic acids is 1. The zero-order valence-electron chi connectivity index (χ0n) is 10.9. The average molecular weight is 294 g/mol. The van der Waals surface area contributed by atoms with Gasteiger partial charge in [-0.05, 0) is 37.0 Å². The van der Waals surface area contributed by atoms with Crippen LogP contribution in [0.4, 0.5) is 0 Å². The van der Waals surface area contributed by atoms with Gasteiger partial charge in [0, 0.05) is 17.0 Å². The van der Waals surface area contributed by atoms with Crippen LogP contribution < -0.4 is 5.32 Å². The van der Waals surface area contributed by atoms with E-state index in [2.05, 4.69) is 5.32 Å². The number of hydrogen-bond acceptors (Lipinski definition) is 2. The fraction of sp³-hybridized carbons (Fsp3) is 0.467. The zero-order chi connectivity index (χ0) is 14.3. The second-order valence-electron chi connectivity index (χ2n) is 5.79. The summed E-state index contributed by atoms with van der Waals surface area (Å²) >= 11 is 5.88. The number of hydrogen-bond donors (Lipinski definition) is 2. The van der Waals surface area contributed by atoms with Gasteiger partial charge in [-0.2, -0.15) is 0 Å². The normalized spacial score (nSPS) is 25.9. The Kier molecular flexibility index (Phi) is 3.21. The third-order valence-corrected chi connectivity index (χ3v) is 4.61.